The predicted octanol–water partition coefficient (Wildman–Crippen LogP) is 3.28. The summed E-state index contributed by atoms with van der Waals surface area (Å²) in [6.45, 7) is 3.30. The van der Waals surface area contributed by atoms with Crippen LogP contribution >= 0.6 is 11.3 Å². The Morgan fingerprint density at radius 3 is 2.88 bits per heavy atom. The Hall–Kier alpha value is -1.92. The fourth-order valence-corrected chi connectivity index (χ4v) is 5.25. The molecule has 5 nitrogen and oxygen atoms in total. The summed E-state index contributed by atoms with van der Waals surface area (Å²) in [4.78, 5) is 19.6. The minimum Gasteiger partial charge on any atom is -0.378 e. The Labute approximate surface area is 150 Å². The van der Waals surface area contributed by atoms with Gasteiger partial charge in [-0.15, -0.1) is 0 Å². The zero-order valence-corrected chi connectivity index (χ0v) is 14.8. The van der Waals surface area contributed by atoms with Crippen molar-refractivity contribution >= 4 is 38.3 Å². The average Bonchev–Trinajstić information content (AvgIpc) is 3.37. The molecule has 1 aromatic heterocycles. The molecule has 1 aromatic carbocycles. The van der Waals surface area contributed by atoms with Crippen LogP contribution in [0.5, 0.6) is 0 Å². The molecule has 3 aliphatic rings. The molecular formula is C19H21N3O2S. The van der Waals surface area contributed by atoms with E-state index in [1.807, 2.05) is 12.1 Å². The first-order valence-electron chi connectivity index (χ1n) is 8.99. The van der Waals surface area contributed by atoms with Gasteiger partial charge in [0.15, 0.2) is 5.13 Å². The summed E-state index contributed by atoms with van der Waals surface area (Å²) >= 11 is 1.69. The van der Waals surface area contributed by atoms with Crippen molar-refractivity contribution in [2.24, 2.45) is 17.8 Å². The summed E-state index contributed by atoms with van der Waals surface area (Å²) in [6, 6.07) is 6.02. The summed E-state index contributed by atoms with van der Waals surface area (Å²) in [6.07, 6.45) is 6.64. The standard InChI is InChI=1S/C19H21N3O2S/c23-18(15-10-12-1-2-13(15)9-12)20-14-3-4-16-17(11-14)25-19(21-16)22-5-7-24-8-6-22/h1-4,11-13,15H,5-10H2,(H,20,23)/t12-,13-,15-/m0/s1. The van der Waals surface area contributed by atoms with Gasteiger partial charge >= 0.3 is 0 Å². The molecule has 2 fully saturated rings. The number of hydrogen-bond donors (Lipinski definition) is 1. The number of carbonyl (C=O) groups excluding carboxylic acids is 1. The smallest absolute Gasteiger partial charge is 0.228 e. The summed E-state index contributed by atoms with van der Waals surface area (Å²) in [5, 5.41) is 4.16. The second-order valence-corrected chi connectivity index (χ2v) is 8.16. The highest BCUT2D eigenvalue weighted by atomic mass is 32.1. The molecule has 2 aromatic rings. The molecule has 2 heterocycles. The maximum atomic E-state index is 12.6. The van der Waals surface area contributed by atoms with Crippen molar-refractivity contribution in [2.45, 2.75) is 12.8 Å². The van der Waals surface area contributed by atoms with E-state index in [2.05, 4.69) is 28.4 Å². The van der Waals surface area contributed by atoms with E-state index in [-0.39, 0.29) is 11.8 Å². The van der Waals surface area contributed by atoms with E-state index in [4.69, 9.17) is 9.72 Å². The number of anilines is 2. The van der Waals surface area contributed by atoms with Gasteiger partial charge in [-0.2, -0.15) is 0 Å². The molecule has 0 unspecified atom stereocenters. The van der Waals surface area contributed by atoms with Crippen LogP contribution in [0.3, 0.4) is 0 Å². The van der Waals surface area contributed by atoms with Crippen molar-refractivity contribution in [1.82, 2.24) is 4.98 Å². The van der Waals surface area contributed by atoms with Crippen LogP contribution in [-0.2, 0) is 9.53 Å². The third-order valence-electron chi connectivity index (χ3n) is 5.54. The minimum atomic E-state index is 0.135. The number of rotatable bonds is 3. The van der Waals surface area contributed by atoms with Crippen LogP contribution in [0, 0.1) is 17.8 Å². The van der Waals surface area contributed by atoms with Crippen LogP contribution in [0.4, 0.5) is 10.8 Å². The van der Waals surface area contributed by atoms with Gasteiger partial charge in [0.1, 0.15) is 0 Å². The molecule has 0 spiro atoms. The summed E-state index contributed by atoms with van der Waals surface area (Å²) in [5.41, 5.74) is 1.87. The van der Waals surface area contributed by atoms with Gasteiger partial charge in [0.05, 0.1) is 23.4 Å². The zero-order chi connectivity index (χ0) is 16.8. The topological polar surface area (TPSA) is 54.5 Å². The number of benzene rings is 1. The lowest BCUT2D eigenvalue weighted by molar-refractivity contribution is -0.120. The maximum Gasteiger partial charge on any atom is 0.228 e. The highest BCUT2D eigenvalue weighted by Gasteiger charge is 2.39. The van der Waals surface area contributed by atoms with E-state index in [0.717, 1.165) is 60.2 Å². The van der Waals surface area contributed by atoms with Crippen molar-refractivity contribution in [3.8, 4) is 0 Å². The van der Waals surface area contributed by atoms with Gasteiger partial charge in [0.2, 0.25) is 5.91 Å². The van der Waals surface area contributed by atoms with E-state index in [1.165, 1.54) is 0 Å². The zero-order valence-electron chi connectivity index (χ0n) is 14.0. The molecule has 1 saturated heterocycles. The fourth-order valence-electron chi connectivity index (χ4n) is 4.20. The van der Waals surface area contributed by atoms with Crippen molar-refractivity contribution in [1.29, 1.82) is 0 Å². The average molecular weight is 355 g/mol. The molecule has 1 saturated carbocycles. The van der Waals surface area contributed by atoms with Crippen LogP contribution in [0.1, 0.15) is 12.8 Å². The molecular weight excluding hydrogens is 334 g/mol. The fraction of sp³-hybridized carbons (Fsp3) is 0.474. The second kappa shape index (κ2) is 6.11. The summed E-state index contributed by atoms with van der Waals surface area (Å²) < 4.78 is 6.53. The molecule has 25 heavy (non-hydrogen) atoms. The van der Waals surface area contributed by atoms with Crippen molar-refractivity contribution < 1.29 is 9.53 Å². The molecule has 1 N–H and O–H groups in total. The van der Waals surface area contributed by atoms with E-state index in [0.29, 0.717) is 11.8 Å². The lowest BCUT2D eigenvalue weighted by Crippen LogP contribution is -2.36. The molecule has 0 radical (unpaired) electrons. The number of thiazole rings is 1. The van der Waals surface area contributed by atoms with Gasteiger partial charge < -0.3 is 15.0 Å². The Kier molecular flexibility index (Phi) is 3.75. The lowest BCUT2D eigenvalue weighted by Gasteiger charge is -2.25. The maximum absolute atomic E-state index is 12.6. The van der Waals surface area contributed by atoms with Gasteiger partial charge in [0, 0.05) is 24.7 Å². The largest absolute Gasteiger partial charge is 0.378 e. The normalized spacial score (nSPS) is 28.0. The van der Waals surface area contributed by atoms with Crippen molar-refractivity contribution in [3.05, 3.63) is 30.4 Å². The van der Waals surface area contributed by atoms with Crippen molar-refractivity contribution in [2.75, 3.05) is 36.5 Å². The molecule has 6 heteroatoms. The summed E-state index contributed by atoms with van der Waals surface area (Å²) in [7, 11) is 0. The third kappa shape index (κ3) is 2.83. The number of nitrogens with zero attached hydrogens (tertiary/aromatic N) is 2. The van der Waals surface area contributed by atoms with Crippen LogP contribution in [0.15, 0.2) is 30.4 Å². The third-order valence-corrected chi connectivity index (χ3v) is 6.62. The van der Waals surface area contributed by atoms with Gasteiger partial charge in [-0.05, 0) is 42.9 Å². The monoisotopic (exact) mass is 355 g/mol. The first kappa shape index (κ1) is 15.3. The molecule has 130 valence electrons. The first-order chi connectivity index (χ1) is 12.3. The Morgan fingerprint density at radius 2 is 2.12 bits per heavy atom. The number of nitrogens with one attached hydrogen (secondary N) is 1. The van der Waals surface area contributed by atoms with Crippen LogP contribution in [0.2, 0.25) is 0 Å². The Morgan fingerprint density at radius 1 is 1.24 bits per heavy atom. The van der Waals surface area contributed by atoms with Gasteiger partial charge in [-0.25, -0.2) is 4.98 Å². The van der Waals surface area contributed by atoms with Crippen LogP contribution < -0.4 is 10.2 Å². The number of allylic oxidation sites excluding steroid dienone is 2. The molecule has 2 bridgehead atoms. The number of amides is 1. The van der Waals surface area contributed by atoms with Crippen LogP contribution in [0.25, 0.3) is 10.2 Å². The van der Waals surface area contributed by atoms with E-state index in [9.17, 15) is 4.79 Å². The minimum absolute atomic E-state index is 0.135. The van der Waals surface area contributed by atoms with Gasteiger partial charge in [-0.3, -0.25) is 4.79 Å². The van der Waals surface area contributed by atoms with Gasteiger partial charge in [-0.1, -0.05) is 23.5 Å². The highest BCUT2D eigenvalue weighted by molar-refractivity contribution is 7.22. The molecule has 5 rings (SSSR count). The second-order valence-electron chi connectivity index (χ2n) is 7.15. The van der Waals surface area contributed by atoms with Crippen molar-refractivity contribution in [3.63, 3.8) is 0 Å². The lowest BCUT2D eigenvalue weighted by atomic mass is 9.93. The number of fused-ring (bicyclic) bond motifs is 3. The van der Waals surface area contributed by atoms with Gasteiger partial charge in [0.25, 0.3) is 0 Å². The quantitative estimate of drug-likeness (QED) is 0.859. The molecule has 1 amide bonds. The number of hydrogen-bond acceptors (Lipinski definition) is 5. The molecule has 3 atom stereocenters. The Balaban J connectivity index is 1.33. The number of carbonyl (C=O) groups is 1. The molecule has 2 aliphatic carbocycles. The van der Waals surface area contributed by atoms with E-state index >= 15 is 0 Å². The molecule has 1 aliphatic heterocycles. The van der Waals surface area contributed by atoms with E-state index in [1.54, 1.807) is 11.3 Å². The summed E-state index contributed by atoms with van der Waals surface area (Å²) in [5.74, 6) is 1.34. The number of ether oxygens (including phenoxy) is 1. The number of aromatic nitrogens is 1. The van der Waals surface area contributed by atoms with Crippen LogP contribution in [-0.4, -0.2) is 37.2 Å². The highest BCUT2D eigenvalue weighted by Crippen LogP contribution is 2.44. The predicted molar refractivity (Wildman–Crippen MR) is 100 cm³/mol. The SMILES string of the molecule is O=C(Nc1ccc2nc(N3CCOCC3)sc2c1)[C@H]1C[C@H]2C=C[C@H]1C2. The number of morpholine rings is 1. The van der Waals surface area contributed by atoms with E-state index < -0.39 is 0 Å². The Bertz CT molecular complexity index is 840. The first-order valence-corrected chi connectivity index (χ1v) is 9.80.